The van der Waals surface area contributed by atoms with Crippen LogP contribution in [0.4, 0.5) is 0 Å². The first-order valence-corrected chi connectivity index (χ1v) is 4.85. The lowest BCUT2D eigenvalue weighted by molar-refractivity contribution is -0.0366. The number of rotatable bonds is 3. The largest absolute Gasteiger partial charge is 0.388 e. The van der Waals surface area contributed by atoms with Crippen LogP contribution in [0.2, 0.25) is 0 Å². The van der Waals surface area contributed by atoms with Gasteiger partial charge in [-0.2, -0.15) is 0 Å². The summed E-state index contributed by atoms with van der Waals surface area (Å²) in [5.41, 5.74) is 0. The SMILES string of the molecule is CCCO[C@H]1CO[C@H]2[C@@H]1OC[C@H]2O. The summed E-state index contributed by atoms with van der Waals surface area (Å²) in [5, 5.41) is 9.44. The Bertz CT molecular complexity index is 173. The van der Waals surface area contributed by atoms with Crippen molar-refractivity contribution in [3.63, 3.8) is 0 Å². The fourth-order valence-electron chi connectivity index (χ4n) is 1.86. The zero-order valence-electron chi connectivity index (χ0n) is 7.81. The van der Waals surface area contributed by atoms with Gasteiger partial charge in [-0.3, -0.25) is 0 Å². The third-order valence-electron chi connectivity index (χ3n) is 2.52. The lowest BCUT2D eigenvalue weighted by Crippen LogP contribution is -2.32. The molecule has 0 amide bonds. The Balaban J connectivity index is 1.87. The minimum absolute atomic E-state index is 0.0158. The van der Waals surface area contributed by atoms with Crippen LogP contribution in [0.3, 0.4) is 0 Å². The van der Waals surface area contributed by atoms with Gasteiger partial charge in [-0.15, -0.1) is 0 Å². The molecule has 2 saturated heterocycles. The number of aliphatic hydroxyl groups is 1. The van der Waals surface area contributed by atoms with Gasteiger partial charge in [0.05, 0.1) is 13.2 Å². The van der Waals surface area contributed by atoms with Gasteiger partial charge < -0.3 is 19.3 Å². The Morgan fingerprint density at radius 3 is 2.85 bits per heavy atom. The highest BCUT2D eigenvalue weighted by Gasteiger charge is 2.47. The van der Waals surface area contributed by atoms with E-state index >= 15 is 0 Å². The molecule has 0 saturated carbocycles. The third-order valence-corrected chi connectivity index (χ3v) is 2.52. The summed E-state index contributed by atoms with van der Waals surface area (Å²) in [7, 11) is 0. The second kappa shape index (κ2) is 3.92. The van der Waals surface area contributed by atoms with Crippen LogP contribution in [0.15, 0.2) is 0 Å². The molecule has 0 unspecified atom stereocenters. The summed E-state index contributed by atoms with van der Waals surface area (Å²) < 4.78 is 16.4. The van der Waals surface area contributed by atoms with Gasteiger partial charge in [0, 0.05) is 6.61 Å². The van der Waals surface area contributed by atoms with Crippen molar-refractivity contribution in [3.8, 4) is 0 Å². The third kappa shape index (κ3) is 1.72. The molecule has 0 radical (unpaired) electrons. The topological polar surface area (TPSA) is 47.9 Å². The normalized spacial score (nSPS) is 43.8. The lowest BCUT2D eigenvalue weighted by Gasteiger charge is -2.15. The number of hydrogen-bond donors (Lipinski definition) is 1. The standard InChI is InChI=1S/C9H16O4/c1-2-3-11-7-5-13-8-6(10)4-12-9(7)8/h6-10H,2-5H2,1H3/t6-,7+,8-,9-/m1/s1. The average molecular weight is 188 g/mol. The van der Waals surface area contributed by atoms with Crippen LogP contribution in [-0.4, -0.2) is 49.3 Å². The first-order valence-electron chi connectivity index (χ1n) is 4.85. The van der Waals surface area contributed by atoms with E-state index in [0.29, 0.717) is 13.2 Å². The van der Waals surface area contributed by atoms with E-state index in [-0.39, 0.29) is 18.3 Å². The molecular weight excluding hydrogens is 172 g/mol. The molecule has 2 aliphatic rings. The van der Waals surface area contributed by atoms with Crippen molar-refractivity contribution in [2.45, 2.75) is 37.8 Å². The highest BCUT2D eigenvalue weighted by molar-refractivity contribution is 4.94. The van der Waals surface area contributed by atoms with E-state index < -0.39 is 6.10 Å². The van der Waals surface area contributed by atoms with E-state index in [1.54, 1.807) is 0 Å². The monoisotopic (exact) mass is 188 g/mol. The number of fused-ring (bicyclic) bond motifs is 1. The van der Waals surface area contributed by atoms with Crippen molar-refractivity contribution in [2.24, 2.45) is 0 Å². The van der Waals surface area contributed by atoms with Crippen LogP contribution < -0.4 is 0 Å². The molecule has 13 heavy (non-hydrogen) atoms. The van der Waals surface area contributed by atoms with Gasteiger partial charge in [0.15, 0.2) is 0 Å². The number of hydrogen-bond acceptors (Lipinski definition) is 4. The maximum Gasteiger partial charge on any atom is 0.115 e. The van der Waals surface area contributed by atoms with E-state index in [0.717, 1.165) is 13.0 Å². The van der Waals surface area contributed by atoms with E-state index in [1.165, 1.54) is 0 Å². The molecule has 0 aliphatic carbocycles. The van der Waals surface area contributed by atoms with Crippen LogP contribution in [0, 0.1) is 0 Å². The van der Waals surface area contributed by atoms with Gasteiger partial charge in [-0.05, 0) is 6.42 Å². The quantitative estimate of drug-likeness (QED) is 0.674. The Hall–Kier alpha value is -0.160. The molecule has 0 aromatic rings. The molecule has 4 heteroatoms. The Labute approximate surface area is 77.8 Å². The summed E-state index contributed by atoms with van der Waals surface area (Å²) in [4.78, 5) is 0. The van der Waals surface area contributed by atoms with Gasteiger partial charge in [-0.1, -0.05) is 6.92 Å². The minimum atomic E-state index is -0.472. The molecule has 2 fully saturated rings. The first kappa shape index (κ1) is 9.40. The molecule has 0 aromatic heterocycles. The highest BCUT2D eigenvalue weighted by atomic mass is 16.6. The average Bonchev–Trinajstić information content (AvgIpc) is 2.67. The second-order valence-corrected chi connectivity index (χ2v) is 3.57. The van der Waals surface area contributed by atoms with Gasteiger partial charge in [0.25, 0.3) is 0 Å². The van der Waals surface area contributed by atoms with E-state index in [1.807, 2.05) is 0 Å². The van der Waals surface area contributed by atoms with Crippen LogP contribution in [0.1, 0.15) is 13.3 Å². The maximum atomic E-state index is 9.44. The molecule has 4 atom stereocenters. The Morgan fingerprint density at radius 2 is 2.08 bits per heavy atom. The van der Waals surface area contributed by atoms with Gasteiger partial charge in [0.1, 0.15) is 24.4 Å². The highest BCUT2D eigenvalue weighted by Crippen LogP contribution is 2.28. The van der Waals surface area contributed by atoms with Crippen molar-refractivity contribution in [2.75, 3.05) is 19.8 Å². The summed E-state index contributed by atoms with van der Waals surface area (Å²) >= 11 is 0. The van der Waals surface area contributed by atoms with Crippen molar-refractivity contribution in [1.82, 2.24) is 0 Å². The number of aliphatic hydroxyl groups excluding tert-OH is 1. The van der Waals surface area contributed by atoms with Crippen molar-refractivity contribution >= 4 is 0 Å². The zero-order valence-corrected chi connectivity index (χ0v) is 7.81. The van der Waals surface area contributed by atoms with Gasteiger partial charge in [-0.25, -0.2) is 0 Å². The van der Waals surface area contributed by atoms with Crippen LogP contribution in [0.5, 0.6) is 0 Å². The summed E-state index contributed by atoms with van der Waals surface area (Å²) in [6.45, 7) is 3.72. The fourth-order valence-corrected chi connectivity index (χ4v) is 1.86. The first-order chi connectivity index (χ1) is 6.33. The molecule has 2 aliphatic heterocycles. The Morgan fingerprint density at radius 1 is 1.31 bits per heavy atom. The zero-order chi connectivity index (χ0) is 9.26. The predicted octanol–water partition coefficient (Wildman–Crippen LogP) is -0.0599. The minimum Gasteiger partial charge on any atom is -0.388 e. The Kier molecular flexibility index (Phi) is 2.83. The number of ether oxygens (including phenoxy) is 3. The summed E-state index contributed by atoms with van der Waals surface area (Å²) in [6, 6.07) is 0. The predicted molar refractivity (Wildman–Crippen MR) is 45.5 cm³/mol. The molecule has 0 bridgehead atoms. The molecule has 2 rings (SSSR count). The molecule has 76 valence electrons. The lowest BCUT2D eigenvalue weighted by atomic mass is 10.1. The summed E-state index contributed by atoms with van der Waals surface area (Å²) in [6.07, 6.45) is 0.321. The molecular formula is C9H16O4. The van der Waals surface area contributed by atoms with Gasteiger partial charge in [0.2, 0.25) is 0 Å². The van der Waals surface area contributed by atoms with Crippen LogP contribution in [0.25, 0.3) is 0 Å². The molecule has 0 aromatic carbocycles. The van der Waals surface area contributed by atoms with E-state index in [4.69, 9.17) is 14.2 Å². The van der Waals surface area contributed by atoms with Crippen molar-refractivity contribution < 1.29 is 19.3 Å². The molecule has 4 nitrogen and oxygen atoms in total. The maximum absolute atomic E-state index is 9.44. The van der Waals surface area contributed by atoms with Crippen molar-refractivity contribution in [1.29, 1.82) is 0 Å². The molecule has 1 N–H and O–H groups in total. The van der Waals surface area contributed by atoms with Gasteiger partial charge >= 0.3 is 0 Å². The van der Waals surface area contributed by atoms with Crippen LogP contribution in [-0.2, 0) is 14.2 Å². The second-order valence-electron chi connectivity index (χ2n) is 3.57. The summed E-state index contributed by atoms with van der Waals surface area (Å²) in [5.74, 6) is 0. The van der Waals surface area contributed by atoms with E-state index in [2.05, 4.69) is 6.92 Å². The van der Waals surface area contributed by atoms with Crippen molar-refractivity contribution in [3.05, 3.63) is 0 Å². The fraction of sp³-hybridized carbons (Fsp3) is 1.00. The smallest absolute Gasteiger partial charge is 0.115 e. The molecule has 2 heterocycles. The van der Waals surface area contributed by atoms with E-state index in [9.17, 15) is 5.11 Å². The molecule has 0 spiro atoms. The van der Waals surface area contributed by atoms with Crippen LogP contribution >= 0.6 is 0 Å².